The van der Waals surface area contributed by atoms with E-state index in [0.717, 1.165) is 24.2 Å². The summed E-state index contributed by atoms with van der Waals surface area (Å²) >= 11 is 6.03. The zero-order chi connectivity index (χ0) is 13.9. The molecule has 0 bridgehead atoms. The molecule has 1 heterocycles. The van der Waals surface area contributed by atoms with E-state index in [0.29, 0.717) is 12.5 Å². The van der Waals surface area contributed by atoms with Gasteiger partial charge in [0.2, 0.25) is 5.91 Å². The number of hydrogen-bond donors (Lipinski definition) is 1. The zero-order valence-corrected chi connectivity index (χ0v) is 12.2. The summed E-state index contributed by atoms with van der Waals surface area (Å²) in [6.45, 7) is 4.51. The van der Waals surface area contributed by atoms with Gasteiger partial charge < -0.3 is 10.1 Å². The Morgan fingerprint density at radius 2 is 2.11 bits per heavy atom. The normalized spacial score (nSPS) is 17.7. The van der Waals surface area contributed by atoms with Crippen LogP contribution in [0.5, 0.6) is 5.75 Å². The third kappa shape index (κ3) is 2.71. The Labute approximate surface area is 119 Å². The summed E-state index contributed by atoms with van der Waals surface area (Å²) in [7, 11) is 0. The number of carbonyl (C=O) groups excluding carboxylic acids is 1. The molecule has 1 aliphatic heterocycles. The highest BCUT2D eigenvalue weighted by atomic mass is 35.5. The Hall–Kier alpha value is -1.22. The summed E-state index contributed by atoms with van der Waals surface area (Å²) in [6, 6.07) is 7.70. The molecule has 1 N–H and O–H groups in total. The van der Waals surface area contributed by atoms with Crippen LogP contribution in [0.2, 0.25) is 0 Å². The minimum atomic E-state index is -0.309. The van der Waals surface area contributed by atoms with Crippen LogP contribution in [-0.2, 0) is 4.79 Å². The molecule has 1 unspecified atom stereocenters. The van der Waals surface area contributed by atoms with Gasteiger partial charge in [-0.2, -0.15) is 0 Å². The van der Waals surface area contributed by atoms with Gasteiger partial charge in [-0.15, -0.1) is 11.6 Å². The van der Waals surface area contributed by atoms with Crippen molar-refractivity contribution in [1.29, 1.82) is 0 Å². The smallest absolute Gasteiger partial charge is 0.231 e. The first-order chi connectivity index (χ1) is 9.15. The van der Waals surface area contributed by atoms with E-state index in [2.05, 4.69) is 5.32 Å². The molecule has 0 aliphatic carbocycles. The SMILES string of the molecule is CCC(CC)(CCl)NC(=O)C1COc2ccccc21. The number of benzene rings is 1. The van der Waals surface area contributed by atoms with Gasteiger partial charge in [0.1, 0.15) is 18.3 Å². The molecular weight excluding hydrogens is 262 g/mol. The van der Waals surface area contributed by atoms with Gasteiger partial charge in [-0.3, -0.25) is 4.79 Å². The topological polar surface area (TPSA) is 38.3 Å². The molecule has 0 spiro atoms. The predicted octanol–water partition coefficient (Wildman–Crippen LogP) is 3.08. The fourth-order valence-corrected chi connectivity index (χ4v) is 2.82. The van der Waals surface area contributed by atoms with E-state index in [-0.39, 0.29) is 17.4 Å². The Bertz CT molecular complexity index is 449. The molecule has 19 heavy (non-hydrogen) atoms. The summed E-state index contributed by atoms with van der Waals surface area (Å²) in [4.78, 5) is 12.5. The Morgan fingerprint density at radius 3 is 2.74 bits per heavy atom. The highest BCUT2D eigenvalue weighted by Crippen LogP contribution is 2.34. The van der Waals surface area contributed by atoms with Crippen LogP contribution >= 0.6 is 11.6 Å². The van der Waals surface area contributed by atoms with Gasteiger partial charge in [-0.1, -0.05) is 32.0 Å². The summed E-state index contributed by atoms with van der Waals surface area (Å²) in [5.74, 6) is 1.03. The number of alkyl halides is 1. The van der Waals surface area contributed by atoms with E-state index in [9.17, 15) is 4.79 Å². The number of para-hydroxylation sites is 1. The largest absolute Gasteiger partial charge is 0.492 e. The lowest BCUT2D eigenvalue weighted by atomic mass is 9.92. The summed E-state index contributed by atoms with van der Waals surface area (Å²) < 4.78 is 5.55. The van der Waals surface area contributed by atoms with E-state index in [1.807, 2.05) is 38.1 Å². The van der Waals surface area contributed by atoms with Crippen LogP contribution in [0.1, 0.15) is 38.2 Å². The highest BCUT2D eigenvalue weighted by Gasteiger charge is 2.35. The quantitative estimate of drug-likeness (QED) is 0.843. The number of carbonyl (C=O) groups is 1. The van der Waals surface area contributed by atoms with Crippen LogP contribution < -0.4 is 10.1 Å². The molecule has 1 amide bonds. The maximum Gasteiger partial charge on any atom is 0.231 e. The van der Waals surface area contributed by atoms with Crippen molar-refractivity contribution in [2.75, 3.05) is 12.5 Å². The minimum absolute atomic E-state index is 0.00861. The maximum absolute atomic E-state index is 12.5. The zero-order valence-electron chi connectivity index (χ0n) is 11.4. The molecule has 0 saturated heterocycles. The van der Waals surface area contributed by atoms with Crippen LogP contribution in [0.15, 0.2) is 24.3 Å². The van der Waals surface area contributed by atoms with Crippen molar-refractivity contribution >= 4 is 17.5 Å². The molecule has 0 radical (unpaired) electrons. The first kappa shape index (κ1) is 14.2. The van der Waals surface area contributed by atoms with Crippen molar-refractivity contribution < 1.29 is 9.53 Å². The molecule has 1 aliphatic rings. The molecule has 0 saturated carbocycles. The van der Waals surface area contributed by atoms with E-state index in [1.54, 1.807) is 0 Å². The lowest BCUT2D eigenvalue weighted by Gasteiger charge is -2.31. The van der Waals surface area contributed by atoms with Crippen molar-refractivity contribution in [3.8, 4) is 5.75 Å². The average Bonchev–Trinajstić information content (AvgIpc) is 2.89. The van der Waals surface area contributed by atoms with Crippen molar-refractivity contribution in [3.05, 3.63) is 29.8 Å². The Morgan fingerprint density at radius 1 is 1.42 bits per heavy atom. The van der Waals surface area contributed by atoms with E-state index >= 15 is 0 Å². The molecule has 2 rings (SSSR count). The molecular formula is C15H20ClNO2. The summed E-state index contributed by atoms with van der Waals surface area (Å²) in [5.41, 5.74) is 0.659. The monoisotopic (exact) mass is 281 g/mol. The van der Waals surface area contributed by atoms with Gasteiger partial charge >= 0.3 is 0 Å². The summed E-state index contributed by atoms with van der Waals surface area (Å²) in [5, 5.41) is 3.11. The second-order valence-electron chi connectivity index (χ2n) is 5.01. The summed E-state index contributed by atoms with van der Waals surface area (Å²) in [6.07, 6.45) is 1.65. The molecule has 104 valence electrons. The van der Waals surface area contributed by atoms with Gasteiger partial charge in [0.05, 0.1) is 5.54 Å². The standard InChI is InChI=1S/C15H20ClNO2/c1-3-15(4-2,10-16)17-14(18)12-9-19-13-8-6-5-7-11(12)13/h5-8,12H,3-4,9-10H2,1-2H3,(H,17,18). The molecule has 1 atom stereocenters. The number of rotatable bonds is 5. The van der Waals surface area contributed by atoms with Crippen molar-refractivity contribution in [2.24, 2.45) is 0 Å². The first-order valence-electron chi connectivity index (χ1n) is 6.75. The highest BCUT2D eigenvalue weighted by molar-refractivity contribution is 6.18. The lowest BCUT2D eigenvalue weighted by Crippen LogP contribution is -2.51. The maximum atomic E-state index is 12.5. The van der Waals surface area contributed by atoms with Gasteiger partial charge in [0, 0.05) is 11.4 Å². The third-order valence-corrected chi connectivity index (χ3v) is 4.53. The van der Waals surface area contributed by atoms with Crippen LogP contribution in [0.3, 0.4) is 0 Å². The van der Waals surface area contributed by atoms with E-state index in [4.69, 9.17) is 16.3 Å². The van der Waals surface area contributed by atoms with Gasteiger partial charge in [0.25, 0.3) is 0 Å². The van der Waals surface area contributed by atoms with Crippen molar-refractivity contribution in [2.45, 2.75) is 38.1 Å². The molecule has 0 aromatic heterocycles. The van der Waals surface area contributed by atoms with Crippen LogP contribution in [0, 0.1) is 0 Å². The molecule has 3 nitrogen and oxygen atoms in total. The van der Waals surface area contributed by atoms with Gasteiger partial charge in [-0.25, -0.2) is 0 Å². The van der Waals surface area contributed by atoms with E-state index < -0.39 is 0 Å². The fraction of sp³-hybridized carbons (Fsp3) is 0.533. The molecule has 1 aromatic carbocycles. The van der Waals surface area contributed by atoms with E-state index in [1.165, 1.54) is 0 Å². The number of halogens is 1. The molecule has 0 fully saturated rings. The predicted molar refractivity (Wildman–Crippen MR) is 76.9 cm³/mol. The lowest BCUT2D eigenvalue weighted by molar-refractivity contribution is -0.124. The Kier molecular flexibility index (Phi) is 4.35. The molecule has 4 heteroatoms. The third-order valence-electron chi connectivity index (χ3n) is 4.01. The number of hydrogen-bond acceptors (Lipinski definition) is 2. The number of nitrogens with one attached hydrogen (secondary N) is 1. The van der Waals surface area contributed by atoms with Crippen LogP contribution in [0.25, 0.3) is 0 Å². The average molecular weight is 282 g/mol. The fourth-order valence-electron chi connectivity index (χ4n) is 2.38. The van der Waals surface area contributed by atoms with Crippen LogP contribution in [-0.4, -0.2) is 23.9 Å². The van der Waals surface area contributed by atoms with Gasteiger partial charge in [0.15, 0.2) is 0 Å². The molecule has 1 aromatic rings. The van der Waals surface area contributed by atoms with Crippen LogP contribution in [0.4, 0.5) is 0 Å². The first-order valence-corrected chi connectivity index (χ1v) is 7.29. The van der Waals surface area contributed by atoms with Crippen molar-refractivity contribution in [3.63, 3.8) is 0 Å². The Balaban J connectivity index is 2.14. The van der Waals surface area contributed by atoms with Gasteiger partial charge in [-0.05, 0) is 18.9 Å². The number of ether oxygens (including phenoxy) is 1. The second kappa shape index (κ2) is 5.83. The second-order valence-corrected chi connectivity index (χ2v) is 5.28. The number of amides is 1. The van der Waals surface area contributed by atoms with Crippen molar-refractivity contribution in [1.82, 2.24) is 5.32 Å². The minimum Gasteiger partial charge on any atom is -0.492 e. The number of fused-ring (bicyclic) bond motifs is 1.